The molecule has 0 bridgehead atoms. The number of hydrogen-bond donors (Lipinski definition) is 2. The molecule has 0 aromatic rings. The van der Waals surface area contributed by atoms with Crippen molar-refractivity contribution in [1.29, 1.82) is 0 Å². The minimum atomic E-state index is -0.664. The molecule has 1 aliphatic rings. The molecule has 0 unspecified atom stereocenters. The smallest absolute Gasteiger partial charge is 0.0765 e. The highest BCUT2D eigenvalue weighted by molar-refractivity contribution is 4.92. The molecule has 0 aromatic heterocycles. The van der Waals surface area contributed by atoms with Crippen molar-refractivity contribution in [2.45, 2.75) is 58.6 Å². The molecule has 3 atom stereocenters. The van der Waals surface area contributed by atoms with Gasteiger partial charge in [-0.2, -0.15) is 0 Å². The van der Waals surface area contributed by atoms with Gasteiger partial charge in [0, 0.05) is 32.7 Å². The standard InChI is InChI=1S/C14H29NO2/c1-11-8-13(2,3)9-12(11)15-10-14(4,16)6-7-17-5/h11-12,15-16H,6-10H2,1-5H3/t11-,12+,14-/m0/s1. The summed E-state index contributed by atoms with van der Waals surface area (Å²) in [5.41, 5.74) is -0.224. The van der Waals surface area contributed by atoms with Crippen LogP contribution in [0.15, 0.2) is 0 Å². The van der Waals surface area contributed by atoms with Gasteiger partial charge < -0.3 is 15.2 Å². The number of ether oxygens (including phenoxy) is 1. The van der Waals surface area contributed by atoms with Crippen molar-refractivity contribution in [2.24, 2.45) is 11.3 Å². The van der Waals surface area contributed by atoms with E-state index >= 15 is 0 Å². The molecule has 0 radical (unpaired) electrons. The third-order valence-electron chi connectivity index (χ3n) is 3.92. The predicted molar refractivity (Wildman–Crippen MR) is 71.1 cm³/mol. The van der Waals surface area contributed by atoms with Crippen molar-refractivity contribution in [2.75, 3.05) is 20.3 Å². The second-order valence-electron chi connectivity index (χ2n) is 6.78. The fourth-order valence-electron chi connectivity index (χ4n) is 2.93. The highest BCUT2D eigenvalue weighted by Gasteiger charge is 2.37. The van der Waals surface area contributed by atoms with E-state index in [9.17, 15) is 5.11 Å². The maximum Gasteiger partial charge on any atom is 0.0765 e. The van der Waals surface area contributed by atoms with Gasteiger partial charge in [-0.15, -0.1) is 0 Å². The van der Waals surface area contributed by atoms with Gasteiger partial charge in [-0.05, 0) is 31.1 Å². The van der Waals surface area contributed by atoms with E-state index in [0.29, 0.717) is 36.9 Å². The minimum Gasteiger partial charge on any atom is -0.389 e. The van der Waals surface area contributed by atoms with E-state index in [1.807, 2.05) is 6.92 Å². The highest BCUT2D eigenvalue weighted by Crippen LogP contribution is 2.40. The largest absolute Gasteiger partial charge is 0.389 e. The second-order valence-corrected chi connectivity index (χ2v) is 6.78. The maximum absolute atomic E-state index is 10.2. The predicted octanol–water partition coefficient (Wildman–Crippen LogP) is 2.19. The SMILES string of the molecule is COCC[C@](C)(O)CN[C@@H]1CC(C)(C)C[C@@H]1C. The van der Waals surface area contributed by atoms with Gasteiger partial charge in [0.15, 0.2) is 0 Å². The number of aliphatic hydroxyl groups is 1. The zero-order valence-corrected chi connectivity index (χ0v) is 12.0. The Bertz CT molecular complexity index is 238. The topological polar surface area (TPSA) is 41.5 Å². The Balaban J connectivity index is 2.35. The Morgan fingerprint density at radius 3 is 2.53 bits per heavy atom. The van der Waals surface area contributed by atoms with Gasteiger partial charge in [0.1, 0.15) is 0 Å². The van der Waals surface area contributed by atoms with Crippen molar-refractivity contribution in [1.82, 2.24) is 5.32 Å². The van der Waals surface area contributed by atoms with Gasteiger partial charge in [-0.1, -0.05) is 20.8 Å². The summed E-state index contributed by atoms with van der Waals surface area (Å²) in [6.07, 6.45) is 3.15. The van der Waals surface area contributed by atoms with E-state index in [4.69, 9.17) is 4.74 Å². The molecule has 0 amide bonds. The van der Waals surface area contributed by atoms with Crippen molar-refractivity contribution in [3.8, 4) is 0 Å². The van der Waals surface area contributed by atoms with Crippen molar-refractivity contribution < 1.29 is 9.84 Å². The zero-order chi connectivity index (χ0) is 13.1. The molecule has 0 aromatic carbocycles. The van der Waals surface area contributed by atoms with E-state index in [1.54, 1.807) is 7.11 Å². The summed E-state index contributed by atoms with van der Waals surface area (Å²) in [6.45, 7) is 10.1. The third-order valence-corrected chi connectivity index (χ3v) is 3.92. The monoisotopic (exact) mass is 243 g/mol. The molecule has 2 N–H and O–H groups in total. The van der Waals surface area contributed by atoms with Crippen LogP contribution in [-0.4, -0.2) is 37.0 Å². The van der Waals surface area contributed by atoms with Crippen molar-refractivity contribution in [3.63, 3.8) is 0 Å². The van der Waals surface area contributed by atoms with Crippen LogP contribution in [0.3, 0.4) is 0 Å². The fraction of sp³-hybridized carbons (Fsp3) is 1.00. The van der Waals surface area contributed by atoms with Crippen LogP contribution in [-0.2, 0) is 4.74 Å². The lowest BCUT2D eigenvalue weighted by Gasteiger charge is -2.27. The maximum atomic E-state index is 10.2. The van der Waals surface area contributed by atoms with Crippen LogP contribution in [0.5, 0.6) is 0 Å². The van der Waals surface area contributed by atoms with Crippen LogP contribution >= 0.6 is 0 Å². The molecule has 3 nitrogen and oxygen atoms in total. The lowest BCUT2D eigenvalue weighted by Crippen LogP contribution is -2.44. The van der Waals surface area contributed by atoms with Crippen LogP contribution in [0.4, 0.5) is 0 Å². The molecule has 0 saturated heterocycles. The molecular formula is C14H29NO2. The molecule has 1 fully saturated rings. The normalized spacial score (nSPS) is 31.4. The summed E-state index contributed by atoms with van der Waals surface area (Å²) in [5, 5.41) is 13.7. The molecular weight excluding hydrogens is 214 g/mol. The van der Waals surface area contributed by atoms with Crippen LogP contribution in [0.2, 0.25) is 0 Å². The first-order valence-electron chi connectivity index (χ1n) is 6.70. The average molecular weight is 243 g/mol. The number of rotatable bonds is 6. The summed E-state index contributed by atoms with van der Waals surface area (Å²) in [6, 6.07) is 0.541. The van der Waals surface area contributed by atoms with Gasteiger partial charge in [0.25, 0.3) is 0 Å². The first kappa shape index (κ1) is 14.9. The van der Waals surface area contributed by atoms with Crippen molar-refractivity contribution in [3.05, 3.63) is 0 Å². The van der Waals surface area contributed by atoms with E-state index < -0.39 is 5.60 Å². The molecule has 0 spiro atoms. The van der Waals surface area contributed by atoms with Crippen LogP contribution < -0.4 is 5.32 Å². The fourth-order valence-corrected chi connectivity index (χ4v) is 2.93. The molecule has 0 heterocycles. The Labute approximate surface area is 106 Å². The summed E-state index contributed by atoms with van der Waals surface area (Å²) >= 11 is 0. The Morgan fingerprint density at radius 1 is 1.41 bits per heavy atom. The molecule has 1 rings (SSSR count). The summed E-state index contributed by atoms with van der Waals surface area (Å²) in [4.78, 5) is 0. The third kappa shape index (κ3) is 4.94. The molecule has 0 aliphatic heterocycles. The molecule has 102 valence electrons. The minimum absolute atomic E-state index is 0.440. The zero-order valence-electron chi connectivity index (χ0n) is 12.0. The summed E-state index contributed by atoms with van der Waals surface area (Å²) in [5.74, 6) is 0.697. The van der Waals surface area contributed by atoms with E-state index in [1.165, 1.54) is 12.8 Å². The van der Waals surface area contributed by atoms with E-state index in [-0.39, 0.29) is 0 Å². The lowest BCUT2D eigenvalue weighted by atomic mass is 9.91. The van der Waals surface area contributed by atoms with Crippen LogP contribution in [0.1, 0.15) is 47.0 Å². The summed E-state index contributed by atoms with van der Waals surface area (Å²) < 4.78 is 5.02. The number of methoxy groups -OCH3 is 1. The first-order valence-corrected chi connectivity index (χ1v) is 6.70. The van der Waals surface area contributed by atoms with E-state index in [0.717, 1.165) is 0 Å². The van der Waals surface area contributed by atoms with Gasteiger partial charge >= 0.3 is 0 Å². The Kier molecular flexibility index (Phi) is 4.99. The van der Waals surface area contributed by atoms with Crippen LogP contribution in [0, 0.1) is 11.3 Å². The summed E-state index contributed by atoms with van der Waals surface area (Å²) in [7, 11) is 1.67. The van der Waals surface area contributed by atoms with Gasteiger partial charge in [0.2, 0.25) is 0 Å². The second kappa shape index (κ2) is 5.68. The van der Waals surface area contributed by atoms with Gasteiger partial charge in [-0.25, -0.2) is 0 Å². The Hall–Kier alpha value is -0.120. The average Bonchev–Trinajstić information content (AvgIpc) is 2.46. The van der Waals surface area contributed by atoms with Crippen LogP contribution in [0.25, 0.3) is 0 Å². The molecule has 1 aliphatic carbocycles. The molecule has 17 heavy (non-hydrogen) atoms. The number of nitrogens with one attached hydrogen (secondary N) is 1. The Morgan fingerprint density at radius 2 is 2.06 bits per heavy atom. The van der Waals surface area contributed by atoms with Gasteiger partial charge in [-0.3, -0.25) is 0 Å². The lowest BCUT2D eigenvalue weighted by molar-refractivity contribution is 0.0218. The quantitative estimate of drug-likeness (QED) is 0.751. The van der Waals surface area contributed by atoms with Crippen molar-refractivity contribution >= 4 is 0 Å². The van der Waals surface area contributed by atoms with Gasteiger partial charge in [0.05, 0.1) is 5.60 Å². The molecule has 1 saturated carbocycles. The highest BCUT2D eigenvalue weighted by atomic mass is 16.5. The first-order chi connectivity index (χ1) is 7.76. The van der Waals surface area contributed by atoms with E-state index in [2.05, 4.69) is 26.1 Å². The molecule has 3 heteroatoms. The number of hydrogen-bond acceptors (Lipinski definition) is 3.